The van der Waals surface area contributed by atoms with Gasteiger partial charge in [-0.3, -0.25) is 9.78 Å². The monoisotopic (exact) mass is 315 g/mol. The summed E-state index contributed by atoms with van der Waals surface area (Å²) < 4.78 is 13.3. The van der Waals surface area contributed by atoms with E-state index >= 15 is 0 Å². The Labute approximate surface area is 135 Å². The minimum Gasteiger partial charge on any atom is -0.376 e. The van der Waals surface area contributed by atoms with Gasteiger partial charge in [0.05, 0.1) is 12.1 Å². The summed E-state index contributed by atoms with van der Waals surface area (Å²) in [4.78, 5) is 18.4. The molecule has 1 aromatic carbocycles. The Morgan fingerprint density at radius 1 is 1.30 bits per heavy atom. The molecular weight excluding hydrogens is 293 g/mol. The van der Waals surface area contributed by atoms with Gasteiger partial charge in [-0.1, -0.05) is 19.3 Å². The fraction of sp³-hybridized carbons (Fsp3) is 0.444. The third kappa shape index (κ3) is 3.60. The van der Waals surface area contributed by atoms with E-state index in [1.54, 1.807) is 12.3 Å². The first-order valence-corrected chi connectivity index (χ1v) is 8.19. The van der Waals surface area contributed by atoms with E-state index < -0.39 is 0 Å². The van der Waals surface area contributed by atoms with Crippen LogP contribution in [0.4, 0.5) is 10.1 Å². The van der Waals surface area contributed by atoms with Crippen LogP contribution >= 0.6 is 0 Å². The molecule has 122 valence electrons. The maximum Gasteiger partial charge on any atom is 0.241 e. The number of aromatic nitrogens is 1. The van der Waals surface area contributed by atoms with Crippen LogP contribution in [-0.2, 0) is 4.79 Å². The number of hydrogen-bond acceptors (Lipinski definition) is 3. The van der Waals surface area contributed by atoms with Gasteiger partial charge in [-0.2, -0.15) is 0 Å². The summed E-state index contributed by atoms with van der Waals surface area (Å²) in [5, 5.41) is 3.99. The van der Waals surface area contributed by atoms with Crippen LogP contribution in [0.15, 0.2) is 30.5 Å². The number of hydrogen-bond donors (Lipinski definition) is 1. The average Bonchev–Trinajstić information content (AvgIpc) is 2.59. The van der Waals surface area contributed by atoms with Crippen LogP contribution < -0.4 is 5.32 Å². The average molecular weight is 315 g/mol. The summed E-state index contributed by atoms with van der Waals surface area (Å²) in [5.74, 6) is -0.223. The summed E-state index contributed by atoms with van der Waals surface area (Å²) in [6.45, 7) is 0.240. The zero-order chi connectivity index (χ0) is 16.2. The lowest BCUT2D eigenvalue weighted by molar-refractivity contribution is -0.130. The van der Waals surface area contributed by atoms with Crippen molar-refractivity contribution in [1.82, 2.24) is 9.88 Å². The van der Waals surface area contributed by atoms with E-state index in [1.165, 1.54) is 31.4 Å². The summed E-state index contributed by atoms with van der Waals surface area (Å²) >= 11 is 0. The number of nitrogens with zero attached hydrogens (tertiary/aromatic N) is 2. The highest BCUT2D eigenvalue weighted by Crippen LogP contribution is 2.23. The van der Waals surface area contributed by atoms with Crippen molar-refractivity contribution < 1.29 is 9.18 Å². The zero-order valence-corrected chi connectivity index (χ0v) is 13.4. The lowest BCUT2D eigenvalue weighted by Crippen LogP contribution is -2.41. The molecule has 2 aromatic rings. The van der Waals surface area contributed by atoms with E-state index in [0.717, 1.165) is 23.9 Å². The molecule has 4 nitrogen and oxygen atoms in total. The fourth-order valence-corrected chi connectivity index (χ4v) is 3.24. The Bertz CT molecular complexity index is 698. The van der Waals surface area contributed by atoms with Crippen molar-refractivity contribution in [2.24, 2.45) is 0 Å². The molecule has 1 saturated carbocycles. The Morgan fingerprint density at radius 3 is 2.87 bits per heavy atom. The van der Waals surface area contributed by atoms with E-state index in [4.69, 9.17) is 0 Å². The third-order valence-electron chi connectivity index (χ3n) is 4.65. The number of likely N-dealkylation sites (N-methyl/N-ethyl adjacent to an activating group) is 1. The van der Waals surface area contributed by atoms with Crippen LogP contribution in [0.3, 0.4) is 0 Å². The molecule has 0 bridgehead atoms. The molecule has 1 aliphatic rings. The molecule has 0 atom stereocenters. The van der Waals surface area contributed by atoms with Gasteiger partial charge in [0.25, 0.3) is 0 Å². The van der Waals surface area contributed by atoms with Crippen molar-refractivity contribution in [3.05, 3.63) is 36.3 Å². The fourth-order valence-electron chi connectivity index (χ4n) is 3.24. The number of benzene rings is 1. The topological polar surface area (TPSA) is 45.2 Å². The van der Waals surface area contributed by atoms with E-state index in [0.29, 0.717) is 11.6 Å². The summed E-state index contributed by atoms with van der Waals surface area (Å²) in [6, 6.07) is 6.67. The Morgan fingerprint density at radius 2 is 2.09 bits per heavy atom. The molecule has 0 saturated heterocycles. The van der Waals surface area contributed by atoms with Crippen LogP contribution in [0.25, 0.3) is 10.9 Å². The quantitative estimate of drug-likeness (QED) is 0.938. The van der Waals surface area contributed by atoms with E-state index in [2.05, 4.69) is 10.3 Å². The SMILES string of the molecule is CN(C(=O)CNc1ccnc2cc(F)ccc12)C1CCCCC1. The minimum absolute atomic E-state index is 0.0870. The molecule has 3 rings (SSSR count). The number of nitrogens with one attached hydrogen (secondary N) is 1. The first kappa shape index (κ1) is 15.7. The van der Waals surface area contributed by atoms with Crippen LogP contribution in [0.2, 0.25) is 0 Å². The summed E-state index contributed by atoms with van der Waals surface area (Å²) in [5.41, 5.74) is 1.39. The molecule has 1 fully saturated rings. The van der Waals surface area contributed by atoms with Crippen molar-refractivity contribution in [1.29, 1.82) is 0 Å². The van der Waals surface area contributed by atoms with Crippen molar-refractivity contribution in [3.8, 4) is 0 Å². The van der Waals surface area contributed by atoms with Crippen molar-refractivity contribution >= 4 is 22.5 Å². The Hall–Kier alpha value is -2.17. The highest BCUT2D eigenvalue weighted by atomic mass is 19.1. The molecule has 1 N–H and O–H groups in total. The lowest BCUT2D eigenvalue weighted by atomic mass is 9.94. The molecule has 0 radical (unpaired) electrons. The summed E-state index contributed by atoms with van der Waals surface area (Å²) in [6.07, 6.45) is 7.50. The number of anilines is 1. The smallest absolute Gasteiger partial charge is 0.241 e. The van der Waals surface area contributed by atoms with Gasteiger partial charge in [-0.25, -0.2) is 4.39 Å². The van der Waals surface area contributed by atoms with E-state index in [-0.39, 0.29) is 18.3 Å². The second-order valence-electron chi connectivity index (χ2n) is 6.17. The lowest BCUT2D eigenvalue weighted by Gasteiger charge is -2.31. The van der Waals surface area contributed by atoms with Crippen LogP contribution in [0.1, 0.15) is 32.1 Å². The van der Waals surface area contributed by atoms with Gasteiger partial charge in [0.15, 0.2) is 0 Å². The first-order valence-electron chi connectivity index (χ1n) is 8.19. The normalized spacial score (nSPS) is 15.6. The minimum atomic E-state index is -0.310. The Kier molecular flexibility index (Phi) is 4.74. The molecular formula is C18H22FN3O. The second-order valence-corrected chi connectivity index (χ2v) is 6.17. The van der Waals surface area contributed by atoms with Crippen LogP contribution in [0, 0.1) is 5.82 Å². The number of fused-ring (bicyclic) bond motifs is 1. The van der Waals surface area contributed by atoms with Gasteiger partial charge in [0, 0.05) is 36.4 Å². The molecule has 5 heteroatoms. The standard InChI is InChI=1S/C18H22FN3O/c1-22(14-5-3-2-4-6-14)18(23)12-21-16-9-10-20-17-11-13(19)7-8-15(16)17/h7-11,14H,2-6,12H2,1H3,(H,20,21). The molecule has 1 aromatic heterocycles. The number of rotatable bonds is 4. The molecule has 0 spiro atoms. The maximum atomic E-state index is 13.3. The molecule has 0 aliphatic heterocycles. The van der Waals surface area contributed by atoms with Crippen molar-refractivity contribution in [2.75, 3.05) is 18.9 Å². The molecule has 0 unspecified atom stereocenters. The number of amides is 1. The Balaban J connectivity index is 1.67. The predicted octanol–water partition coefficient (Wildman–Crippen LogP) is 3.58. The number of carbonyl (C=O) groups excluding carboxylic acids is 1. The largest absolute Gasteiger partial charge is 0.376 e. The van der Waals surface area contributed by atoms with Crippen LogP contribution in [-0.4, -0.2) is 35.4 Å². The van der Waals surface area contributed by atoms with E-state index in [1.807, 2.05) is 18.0 Å². The van der Waals surface area contributed by atoms with Gasteiger partial charge >= 0.3 is 0 Å². The summed E-state index contributed by atoms with van der Waals surface area (Å²) in [7, 11) is 1.89. The van der Waals surface area contributed by atoms with Gasteiger partial charge in [0.2, 0.25) is 5.91 Å². The van der Waals surface area contributed by atoms with Crippen molar-refractivity contribution in [2.45, 2.75) is 38.1 Å². The van der Waals surface area contributed by atoms with Crippen LogP contribution in [0.5, 0.6) is 0 Å². The van der Waals surface area contributed by atoms with E-state index in [9.17, 15) is 9.18 Å². The van der Waals surface area contributed by atoms with Gasteiger partial charge < -0.3 is 10.2 Å². The highest BCUT2D eigenvalue weighted by molar-refractivity contribution is 5.92. The second kappa shape index (κ2) is 6.94. The van der Waals surface area contributed by atoms with Gasteiger partial charge in [-0.05, 0) is 31.0 Å². The number of halogens is 1. The van der Waals surface area contributed by atoms with Gasteiger partial charge in [0.1, 0.15) is 5.82 Å². The number of carbonyl (C=O) groups is 1. The molecule has 1 amide bonds. The van der Waals surface area contributed by atoms with Gasteiger partial charge in [-0.15, -0.1) is 0 Å². The molecule has 23 heavy (non-hydrogen) atoms. The molecule has 1 aliphatic carbocycles. The maximum absolute atomic E-state index is 13.3. The number of pyridine rings is 1. The molecule has 1 heterocycles. The van der Waals surface area contributed by atoms with Crippen molar-refractivity contribution in [3.63, 3.8) is 0 Å². The predicted molar refractivity (Wildman–Crippen MR) is 89.8 cm³/mol. The highest BCUT2D eigenvalue weighted by Gasteiger charge is 2.21. The zero-order valence-electron chi connectivity index (χ0n) is 13.4. The first-order chi connectivity index (χ1) is 11.1. The third-order valence-corrected chi connectivity index (χ3v) is 4.65.